The molecule has 0 heterocycles. The Balaban J connectivity index is 2.60. The van der Waals surface area contributed by atoms with Crippen molar-refractivity contribution in [1.82, 2.24) is 5.32 Å². The predicted molar refractivity (Wildman–Crippen MR) is 86.5 cm³/mol. The van der Waals surface area contributed by atoms with Gasteiger partial charge in [-0.25, -0.2) is 0 Å². The van der Waals surface area contributed by atoms with Gasteiger partial charge < -0.3 is 5.32 Å². The lowest BCUT2D eigenvalue weighted by atomic mass is 10.1. The molecule has 0 fully saturated rings. The Morgan fingerprint density at radius 1 is 1.28 bits per heavy atom. The third kappa shape index (κ3) is 5.33. The second-order valence-electron chi connectivity index (χ2n) is 4.57. The van der Waals surface area contributed by atoms with Crippen molar-refractivity contribution in [3.8, 4) is 0 Å². The highest BCUT2D eigenvalue weighted by atomic mass is 79.9. The van der Waals surface area contributed by atoms with Gasteiger partial charge >= 0.3 is 0 Å². The molecule has 0 aliphatic carbocycles. The fourth-order valence-corrected chi connectivity index (χ4v) is 3.46. The molecule has 1 atom stereocenters. The zero-order valence-corrected chi connectivity index (χ0v) is 14.0. The SMILES string of the molecule is CCCCSc1ccc(C(C)NCCC)cc1Br. The monoisotopic (exact) mass is 329 g/mol. The summed E-state index contributed by atoms with van der Waals surface area (Å²) in [5.74, 6) is 1.21. The quantitative estimate of drug-likeness (QED) is 0.506. The second-order valence-corrected chi connectivity index (χ2v) is 6.56. The Morgan fingerprint density at radius 3 is 2.67 bits per heavy atom. The van der Waals surface area contributed by atoms with E-state index in [2.05, 4.69) is 60.2 Å². The Hall–Kier alpha value is 0.01000. The van der Waals surface area contributed by atoms with E-state index in [-0.39, 0.29) is 0 Å². The van der Waals surface area contributed by atoms with Crippen LogP contribution < -0.4 is 5.32 Å². The van der Waals surface area contributed by atoms with E-state index < -0.39 is 0 Å². The molecule has 0 aliphatic heterocycles. The summed E-state index contributed by atoms with van der Waals surface area (Å²) in [5, 5.41) is 3.52. The number of thioether (sulfide) groups is 1. The van der Waals surface area contributed by atoms with Crippen LogP contribution in [0, 0.1) is 0 Å². The Bertz CT molecular complexity index is 354. The average molecular weight is 330 g/mol. The molecule has 102 valence electrons. The highest BCUT2D eigenvalue weighted by Crippen LogP contribution is 2.30. The molecule has 3 heteroatoms. The van der Waals surface area contributed by atoms with Crippen molar-refractivity contribution in [1.29, 1.82) is 0 Å². The second kappa shape index (κ2) is 9.00. The molecule has 0 spiro atoms. The van der Waals surface area contributed by atoms with Crippen molar-refractivity contribution in [2.45, 2.75) is 51.0 Å². The van der Waals surface area contributed by atoms with E-state index in [1.807, 2.05) is 11.8 Å². The zero-order valence-electron chi connectivity index (χ0n) is 11.6. The number of rotatable bonds is 8. The van der Waals surface area contributed by atoms with Crippen molar-refractivity contribution >= 4 is 27.7 Å². The molecule has 1 N–H and O–H groups in total. The van der Waals surface area contributed by atoms with Gasteiger partial charge in [0.25, 0.3) is 0 Å². The zero-order chi connectivity index (χ0) is 13.4. The minimum Gasteiger partial charge on any atom is -0.310 e. The summed E-state index contributed by atoms with van der Waals surface area (Å²) in [7, 11) is 0. The molecule has 1 aromatic carbocycles. The molecule has 0 amide bonds. The van der Waals surface area contributed by atoms with Crippen molar-refractivity contribution < 1.29 is 0 Å². The molecule has 0 aromatic heterocycles. The molecule has 0 saturated heterocycles. The fraction of sp³-hybridized carbons (Fsp3) is 0.600. The number of unbranched alkanes of at least 4 members (excludes halogenated alkanes) is 1. The third-order valence-corrected chi connectivity index (χ3v) is 4.99. The molecule has 1 rings (SSSR count). The highest BCUT2D eigenvalue weighted by Gasteiger charge is 2.07. The van der Waals surface area contributed by atoms with Crippen LogP contribution in [0.25, 0.3) is 0 Å². The van der Waals surface area contributed by atoms with E-state index in [1.54, 1.807) is 0 Å². The van der Waals surface area contributed by atoms with Gasteiger partial charge in [-0.3, -0.25) is 0 Å². The van der Waals surface area contributed by atoms with Gasteiger partial charge in [0.2, 0.25) is 0 Å². The Morgan fingerprint density at radius 2 is 2.06 bits per heavy atom. The molecule has 18 heavy (non-hydrogen) atoms. The van der Waals surface area contributed by atoms with E-state index >= 15 is 0 Å². The normalized spacial score (nSPS) is 12.7. The van der Waals surface area contributed by atoms with Gasteiger partial charge in [0.15, 0.2) is 0 Å². The van der Waals surface area contributed by atoms with Crippen LogP contribution in [0.4, 0.5) is 0 Å². The summed E-state index contributed by atoms with van der Waals surface area (Å²) in [6.07, 6.45) is 3.73. The molecular weight excluding hydrogens is 306 g/mol. The fourth-order valence-electron chi connectivity index (χ4n) is 1.71. The number of benzene rings is 1. The van der Waals surface area contributed by atoms with Gasteiger partial charge in [-0.15, -0.1) is 11.8 Å². The first-order valence-electron chi connectivity index (χ1n) is 6.84. The third-order valence-electron chi connectivity index (χ3n) is 2.91. The van der Waals surface area contributed by atoms with E-state index in [0.29, 0.717) is 6.04 Å². The number of hydrogen-bond donors (Lipinski definition) is 1. The van der Waals surface area contributed by atoms with Gasteiger partial charge in [0.05, 0.1) is 0 Å². The minimum atomic E-state index is 0.427. The summed E-state index contributed by atoms with van der Waals surface area (Å²) in [6.45, 7) is 7.73. The maximum absolute atomic E-state index is 3.69. The molecule has 0 aliphatic rings. The maximum atomic E-state index is 3.69. The van der Waals surface area contributed by atoms with Crippen molar-refractivity contribution in [2.75, 3.05) is 12.3 Å². The topological polar surface area (TPSA) is 12.0 Å². The summed E-state index contributed by atoms with van der Waals surface area (Å²) in [5.41, 5.74) is 1.36. The molecule has 0 radical (unpaired) electrons. The minimum absolute atomic E-state index is 0.427. The summed E-state index contributed by atoms with van der Waals surface area (Å²) in [6, 6.07) is 7.16. The van der Waals surface area contributed by atoms with Crippen LogP contribution in [0.5, 0.6) is 0 Å². The maximum Gasteiger partial charge on any atom is 0.0314 e. The number of halogens is 1. The van der Waals surface area contributed by atoms with E-state index in [1.165, 1.54) is 39.9 Å². The Labute approximate surface area is 124 Å². The number of hydrogen-bond acceptors (Lipinski definition) is 2. The first-order valence-corrected chi connectivity index (χ1v) is 8.62. The standard InChI is InChI=1S/C15H24BrNS/c1-4-6-10-18-15-8-7-13(11-14(15)16)12(3)17-9-5-2/h7-8,11-12,17H,4-6,9-10H2,1-3H3. The lowest BCUT2D eigenvalue weighted by Gasteiger charge is -2.15. The Kier molecular flexibility index (Phi) is 8.03. The lowest BCUT2D eigenvalue weighted by molar-refractivity contribution is 0.570. The van der Waals surface area contributed by atoms with Gasteiger partial charge in [-0.2, -0.15) is 0 Å². The molecule has 0 saturated carbocycles. The van der Waals surface area contributed by atoms with Crippen LogP contribution >= 0.6 is 27.7 Å². The van der Waals surface area contributed by atoms with Gasteiger partial charge in [-0.1, -0.05) is 26.3 Å². The molecule has 1 nitrogen and oxygen atoms in total. The van der Waals surface area contributed by atoms with Crippen LogP contribution in [0.1, 0.15) is 51.6 Å². The molecule has 0 bridgehead atoms. The molecule has 1 unspecified atom stereocenters. The van der Waals surface area contributed by atoms with Crippen LogP contribution in [-0.2, 0) is 0 Å². The smallest absolute Gasteiger partial charge is 0.0314 e. The highest BCUT2D eigenvalue weighted by molar-refractivity contribution is 9.10. The largest absolute Gasteiger partial charge is 0.310 e. The first kappa shape index (κ1) is 16.1. The van der Waals surface area contributed by atoms with Crippen molar-refractivity contribution in [3.63, 3.8) is 0 Å². The van der Waals surface area contributed by atoms with Crippen LogP contribution in [0.2, 0.25) is 0 Å². The van der Waals surface area contributed by atoms with E-state index in [4.69, 9.17) is 0 Å². The molecular formula is C15H24BrNS. The van der Waals surface area contributed by atoms with Crippen molar-refractivity contribution in [2.24, 2.45) is 0 Å². The van der Waals surface area contributed by atoms with Crippen LogP contribution in [-0.4, -0.2) is 12.3 Å². The van der Waals surface area contributed by atoms with Crippen LogP contribution in [0.3, 0.4) is 0 Å². The van der Waals surface area contributed by atoms with Crippen molar-refractivity contribution in [3.05, 3.63) is 28.2 Å². The predicted octanol–water partition coefficient (Wildman–Crippen LogP) is 5.40. The van der Waals surface area contributed by atoms with Gasteiger partial charge in [-0.05, 0) is 65.7 Å². The average Bonchev–Trinajstić information content (AvgIpc) is 2.38. The summed E-state index contributed by atoms with van der Waals surface area (Å²) in [4.78, 5) is 1.36. The summed E-state index contributed by atoms with van der Waals surface area (Å²) < 4.78 is 1.23. The van der Waals surface area contributed by atoms with E-state index in [9.17, 15) is 0 Å². The van der Waals surface area contributed by atoms with Gasteiger partial charge in [0.1, 0.15) is 0 Å². The first-order chi connectivity index (χ1) is 8.69. The van der Waals surface area contributed by atoms with Crippen LogP contribution in [0.15, 0.2) is 27.6 Å². The summed E-state index contributed by atoms with van der Waals surface area (Å²) >= 11 is 5.63. The lowest BCUT2D eigenvalue weighted by Crippen LogP contribution is -2.19. The molecule has 1 aromatic rings. The number of nitrogens with one attached hydrogen (secondary N) is 1. The van der Waals surface area contributed by atoms with E-state index in [0.717, 1.165) is 6.54 Å². The van der Waals surface area contributed by atoms with Gasteiger partial charge in [0, 0.05) is 15.4 Å².